The number of thioether (sulfide) groups is 1. The van der Waals surface area contributed by atoms with Crippen LogP contribution < -0.4 is 14.8 Å². The lowest BCUT2D eigenvalue weighted by Crippen LogP contribution is -2.19. The summed E-state index contributed by atoms with van der Waals surface area (Å²) >= 11 is 7.73. The molecule has 1 aliphatic heterocycles. The molecule has 1 aliphatic rings. The molecule has 0 atom stereocenters. The van der Waals surface area contributed by atoms with E-state index >= 15 is 0 Å². The maximum atomic E-state index is 13.1. The highest BCUT2D eigenvalue weighted by atomic mass is 35.5. The molecule has 0 aliphatic carbocycles. The highest BCUT2D eigenvalue weighted by molar-refractivity contribution is 8.18. The zero-order chi connectivity index (χ0) is 24.1. The Balaban J connectivity index is 1.54. The molecule has 1 N–H and O–H groups in total. The number of aryl methyl sites for hydroxylation is 1. The summed E-state index contributed by atoms with van der Waals surface area (Å²) < 4.78 is 24.8. The minimum Gasteiger partial charge on any atom is -0.490 e. The van der Waals surface area contributed by atoms with Gasteiger partial charge in [-0.3, -0.25) is 4.79 Å². The van der Waals surface area contributed by atoms with E-state index in [0.29, 0.717) is 51.1 Å². The third kappa shape index (κ3) is 5.98. The highest BCUT2D eigenvalue weighted by Gasteiger charge is 2.24. The highest BCUT2D eigenvalue weighted by Crippen LogP contribution is 2.39. The lowest BCUT2D eigenvalue weighted by Gasteiger charge is -2.15. The summed E-state index contributed by atoms with van der Waals surface area (Å²) in [6.45, 7) is 4.69. The van der Waals surface area contributed by atoms with Gasteiger partial charge in [0.2, 0.25) is 0 Å². The molecule has 1 fully saturated rings. The van der Waals surface area contributed by atoms with E-state index in [4.69, 9.17) is 21.1 Å². The number of halogens is 2. The van der Waals surface area contributed by atoms with Crippen LogP contribution in [-0.4, -0.2) is 17.7 Å². The second kappa shape index (κ2) is 10.8. The van der Waals surface area contributed by atoms with Crippen LogP contribution in [0.2, 0.25) is 5.02 Å². The van der Waals surface area contributed by atoms with Crippen molar-refractivity contribution in [2.45, 2.75) is 20.5 Å². The van der Waals surface area contributed by atoms with E-state index < -0.39 is 0 Å². The van der Waals surface area contributed by atoms with Gasteiger partial charge in [0.15, 0.2) is 16.7 Å². The van der Waals surface area contributed by atoms with Gasteiger partial charge in [-0.15, -0.1) is 0 Å². The van der Waals surface area contributed by atoms with E-state index in [1.807, 2.05) is 38.1 Å². The Morgan fingerprint density at radius 2 is 1.82 bits per heavy atom. The van der Waals surface area contributed by atoms with Crippen molar-refractivity contribution in [3.63, 3.8) is 0 Å². The minimum atomic E-state index is -0.346. The quantitative estimate of drug-likeness (QED) is 0.372. The predicted molar refractivity (Wildman–Crippen MR) is 135 cm³/mol. The lowest BCUT2D eigenvalue weighted by atomic mass is 10.1. The number of aliphatic imine (C=N–C) groups is 1. The summed E-state index contributed by atoms with van der Waals surface area (Å²) in [7, 11) is 0. The molecular formula is C26H22ClFN2O3S. The molecule has 0 saturated carbocycles. The van der Waals surface area contributed by atoms with E-state index in [-0.39, 0.29) is 11.7 Å². The molecule has 1 amide bonds. The average molecular weight is 497 g/mol. The van der Waals surface area contributed by atoms with Gasteiger partial charge in [-0.25, -0.2) is 9.38 Å². The number of nitrogens with zero attached hydrogens (tertiary/aromatic N) is 1. The molecule has 3 aromatic rings. The number of benzene rings is 3. The Bertz CT molecular complexity index is 1260. The van der Waals surface area contributed by atoms with E-state index in [9.17, 15) is 9.18 Å². The number of carbonyl (C=O) groups is 1. The molecule has 0 aromatic heterocycles. The second-order valence-electron chi connectivity index (χ2n) is 7.50. The van der Waals surface area contributed by atoms with Crippen molar-refractivity contribution in [1.82, 2.24) is 5.32 Å². The summed E-state index contributed by atoms with van der Waals surface area (Å²) in [6, 6.07) is 17.3. The van der Waals surface area contributed by atoms with Crippen LogP contribution in [0.3, 0.4) is 0 Å². The van der Waals surface area contributed by atoms with Crippen LogP contribution in [-0.2, 0) is 11.4 Å². The minimum absolute atomic E-state index is 0.278. The van der Waals surface area contributed by atoms with Gasteiger partial charge in [0.25, 0.3) is 5.91 Å². The number of nitrogens with one attached hydrogen (secondary N) is 1. The maximum absolute atomic E-state index is 13.1. The van der Waals surface area contributed by atoms with Crippen LogP contribution in [0.15, 0.2) is 70.6 Å². The Morgan fingerprint density at radius 3 is 2.53 bits per heavy atom. The zero-order valence-corrected chi connectivity index (χ0v) is 20.2. The summed E-state index contributed by atoms with van der Waals surface area (Å²) in [5, 5.41) is 3.52. The molecule has 0 bridgehead atoms. The number of amidine groups is 1. The van der Waals surface area contributed by atoms with Crippen LogP contribution in [0.4, 0.5) is 10.1 Å². The summed E-state index contributed by atoms with van der Waals surface area (Å²) in [4.78, 5) is 17.2. The van der Waals surface area contributed by atoms with Gasteiger partial charge in [-0.05, 0) is 79.2 Å². The molecule has 5 nitrogen and oxygen atoms in total. The number of hydrogen-bond acceptors (Lipinski definition) is 5. The first-order valence-corrected chi connectivity index (χ1v) is 11.8. The van der Waals surface area contributed by atoms with Crippen molar-refractivity contribution in [1.29, 1.82) is 0 Å². The average Bonchev–Trinajstić information content (AvgIpc) is 3.14. The Kier molecular flexibility index (Phi) is 7.55. The van der Waals surface area contributed by atoms with Crippen LogP contribution in [0.25, 0.3) is 6.08 Å². The van der Waals surface area contributed by atoms with Crippen LogP contribution in [0.5, 0.6) is 11.5 Å². The molecule has 1 heterocycles. The molecule has 1 saturated heterocycles. The Hall–Kier alpha value is -3.29. The van der Waals surface area contributed by atoms with Gasteiger partial charge < -0.3 is 14.8 Å². The lowest BCUT2D eigenvalue weighted by molar-refractivity contribution is -0.115. The molecule has 3 aromatic carbocycles. The fourth-order valence-corrected chi connectivity index (χ4v) is 4.29. The fourth-order valence-electron chi connectivity index (χ4n) is 3.18. The monoisotopic (exact) mass is 496 g/mol. The van der Waals surface area contributed by atoms with E-state index in [1.165, 1.54) is 29.5 Å². The Labute approximate surface area is 206 Å². The molecule has 0 unspecified atom stereocenters. The van der Waals surface area contributed by atoms with Crippen molar-refractivity contribution in [2.75, 3.05) is 6.61 Å². The zero-order valence-electron chi connectivity index (χ0n) is 18.6. The van der Waals surface area contributed by atoms with E-state index in [2.05, 4.69) is 10.3 Å². The predicted octanol–water partition coefficient (Wildman–Crippen LogP) is 6.66. The first-order chi connectivity index (χ1) is 16.4. The Morgan fingerprint density at radius 1 is 1.09 bits per heavy atom. The molecule has 0 radical (unpaired) electrons. The van der Waals surface area contributed by atoms with Crippen molar-refractivity contribution in [2.24, 2.45) is 4.99 Å². The SMILES string of the molecule is CCOc1cc(/C=C2/SC(=Nc3ccc(F)cc3)NC2=O)cc(Cl)c1OCc1ccc(C)cc1. The molecule has 34 heavy (non-hydrogen) atoms. The molecule has 174 valence electrons. The largest absolute Gasteiger partial charge is 0.490 e. The third-order valence-corrected chi connectivity index (χ3v) is 6.03. The van der Waals surface area contributed by atoms with E-state index in [0.717, 1.165) is 5.56 Å². The van der Waals surface area contributed by atoms with Gasteiger partial charge in [0, 0.05) is 0 Å². The smallest absolute Gasteiger partial charge is 0.264 e. The second-order valence-corrected chi connectivity index (χ2v) is 8.93. The van der Waals surface area contributed by atoms with Crippen LogP contribution >= 0.6 is 23.4 Å². The summed E-state index contributed by atoms with van der Waals surface area (Å²) in [6.07, 6.45) is 1.71. The summed E-state index contributed by atoms with van der Waals surface area (Å²) in [5.74, 6) is 0.325. The number of hydrogen-bond donors (Lipinski definition) is 1. The number of ether oxygens (including phenoxy) is 2. The molecule has 8 heteroatoms. The van der Waals surface area contributed by atoms with Crippen molar-refractivity contribution >= 4 is 46.2 Å². The number of amides is 1. The fraction of sp³-hybridized carbons (Fsp3) is 0.154. The van der Waals surface area contributed by atoms with Gasteiger partial charge in [-0.1, -0.05) is 41.4 Å². The number of rotatable bonds is 7. The van der Waals surface area contributed by atoms with Gasteiger partial charge in [0.05, 0.1) is 22.2 Å². The summed E-state index contributed by atoms with van der Waals surface area (Å²) in [5.41, 5.74) is 3.43. The van der Waals surface area contributed by atoms with Gasteiger partial charge in [0.1, 0.15) is 12.4 Å². The standard InChI is InChI=1S/C26H22ClFN2O3S/c1-3-32-22-13-18(12-21(27)24(22)33-15-17-6-4-16(2)5-7-17)14-23-25(31)30-26(34-23)29-20-10-8-19(28)9-11-20/h4-14H,3,15H2,1-2H3,(H,29,30,31)/b23-14+. The van der Waals surface area contributed by atoms with Gasteiger partial charge in [-0.2, -0.15) is 0 Å². The van der Waals surface area contributed by atoms with Crippen LogP contribution in [0.1, 0.15) is 23.6 Å². The van der Waals surface area contributed by atoms with Crippen molar-refractivity contribution < 1.29 is 18.7 Å². The number of carbonyl (C=O) groups excluding carboxylic acids is 1. The van der Waals surface area contributed by atoms with Gasteiger partial charge >= 0.3 is 0 Å². The maximum Gasteiger partial charge on any atom is 0.264 e. The topological polar surface area (TPSA) is 59.9 Å². The molecular weight excluding hydrogens is 475 g/mol. The third-order valence-electron chi connectivity index (χ3n) is 4.84. The molecule has 0 spiro atoms. The first kappa shape index (κ1) is 23.9. The normalized spacial score (nSPS) is 15.6. The van der Waals surface area contributed by atoms with Crippen molar-refractivity contribution in [3.8, 4) is 11.5 Å². The van der Waals surface area contributed by atoms with E-state index in [1.54, 1.807) is 30.3 Å². The molecule has 4 rings (SSSR count). The first-order valence-electron chi connectivity index (χ1n) is 10.6. The van der Waals surface area contributed by atoms with Crippen LogP contribution in [0, 0.1) is 12.7 Å². The van der Waals surface area contributed by atoms with Crippen molar-refractivity contribution in [3.05, 3.63) is 93.1 Å².